The number of nitrogens with zero attached hydrogens (tertiary/aromatic N) is 3. The van der Waals surface area contributed by atoms with Gasteiger partial charge in [-0.15, -0.1) is 0 Å². The molecule has 2 aromatic carbocycles. The fraction of sp³-hybridized carbons (Fsp3) is 0.286. The van der Waals surface area contributed by atoms with E-state index >= 15 is 0 Å². The van der Waals surface area contributed by atoms with Crippen molar-refractivity contribution in [1.29, 1.82) is 0 Å². The molecule has 2 N–H and O–H groups in total. The van der Waals surface area contributed by atoms with Gasteiger partial charge in [-0.1, -0.05) is 42.5 Å². The monoisotopic (exact) mass is 573 g/mol. The second kappa shape index (κ2) is 11.9. The van der Waals surface area contributed by atoms with Gasteiger partial charge in [0.2, 0.25) is 5.91 Å². The van der Waals surface area contributed by atoms with Crippen LogP contribution < -0.4 is 10.6 Å². The Balaban J connectivity index is 1.21. The third kappa shape index (κ3) is 5.83. The largest absolute Gasteiger partial charge is 0.338 e. The Morgan fingerprint density at radius 2 is 1.53 bits per heavy atom. The Hall–Kier alpha value is -4.69. The van der Waals surface area contributed by atoms with Gasteiger partial charge < -0.3 is 15.5 Å². The lowest BCUT2D eigenvalue weighted by molar-refractivity contribution is -0.129. The highest BCUT2D eigenvalue weighted by atomic mass is 16.2. The number of benzene rings is 2. The van der Waals surface area contributed by atoms with Gasteiger partial charge in [0.1, 0.15) is 11.4 Å². The molecule has 8 heteroatoms. The van der Waals surface area contributed by atoms with E-state index in [0.29, 0.717) is 36.6 Å². The van der Waals surface area contributed by atoms with Crippen LogP contribution in [0, 0.1) is 13.8 Å². The van der Waals surface area contributed by atoms with Crippen LogP contribution in [0.15, 0.2) is 60.7 Å². The molecule has 0 spiro atoms. The van der Waals surface area contributed by atoms with E-state index in [-0.39, 0.29) is 24.0 Å². The number of hydrogen-bond donors (Lipinski definition) is 2. The van der Waals surface area contributed by atoms with E-state index in [0.717, 1.165) is 69.8 Å². The zero-order chi connectivity index (χ0) is 30.1. The van der Waals surface area contributed by atoms with Crippen molar-refractivity contribution < 1.29 is 14.4 Å². The topological polar surface area (TPSA) is 104 Å². The first kappa shape index (κ1) is 28.4. The highest BCUT2D eigenvalue weighted by Crippen LogP contribution is 2.33. The van der Waals surface area contributed by atoms with Crippen LogP contribution in [0.5, 0.6) is 0 Å². The molecule has 0 saturated heterocycles. The molecule has 0 radical (unpaired) electrons. The number of fused-ring (bicyclic) bond motifs is 2. The van der Waals surface area contributed by atoms with Gasteiger partial charge in [-0.2, -0.15) is 0 Å². The van der Waals surface area contributed by atoms with Gasteiger partial charge in [0.05, 0.1) is 0 Å². The first-order valence-electron chi connectivity index (χ1n) is 14.8. The van der Waals surface area contributed by atoms with Gasteiger partial charge in [0, 0.05) is 69.4 Å². The lowest BCUT2D eigenvalue weighted by atomic mass is 9.91. The molecular formula is C35H35N5O3. The molecule has 0 unspecified atom stereocenters. The minimum absolute atomic E-state index is 0.00544. The van der Waals surface area contributed by atoms with Crippen molar-refractivity contribution in [2.75, 3.05) is 18.4 Å². The van der Waals surface area contributed by atoms with Crippen LogP contribution in [0.1, 0.15) is 67.1 Å². The van der Waals surface area contributed by atoms with Crippen LogP contribution in [0.2, 0.25) is 0 Å². The molecule has 2 aromatic heterocycles. The molecule has 2 aliphatic rings. The molecule has 0 fully saturated rings. The average Bonchev–Trinajstić information content (AvgIpc) is 3.02. The number of hydrogen-bond acceptors (Lipinski definition) is 6. The third-order valence-corrected chi connectivity index (χ3v) is 8.60. The number of carbonyl (C=O) groups excluding carboxylic acids is 3. The highest BCUT2D eigenvalue weighted by molar-refractivity contribution is 6.04. The molecule has 218 valence electrons. The maximum absolute atomic E-state index is 13.3. The molecule has 43 heavy (non-hydrogen) atoms. The summed E-state index contributed by atoms with van der Waals surface area (Å²) in [6, 6.07) is 19.3. The molecule has 0 bridgehead atoms. The highest BCUT2D eigenvalue weighted by Gasteiger charge is 2.22. The Morgan fingerprint density at radius 3 is 2.35 bits per heavy atom. The average molecular weight is 574 g/mol. The van der Waals surface area contributed by atoms with E-state index in [2.05, 4.69) is 26.7 Å². The molecule has 0 atom stereocenters. The first-order chi connectivity index (χ1) is 20.8. The van der Waals surface area contributed by atoms with Gasteiger partial charge in [-0.05, 0) is 71.0 Å². The molecule has 4 aromatic rings. The molecule has 2 aliphatic heterocycles. The molecule has 6 rings (SSSR count). The molecule has 0 saturated carbocycles. The van der Waals surface area contributed by atoms with E-state index in [9.17, 15) is 14.4 Å². The normalized spacial score (nSPS) is 14.1. The van der Waals surface area contributed by atoms with Gasteiger partial charge >= 0.3 is 0 Å². The number of anilines is 1. The van der Waals surface area contributed by atoms with Crippen molar-refractivity contribution >= 4 is 23.3 Å². The van der Waals surface area contributed by atoms with Gasteiger partial charge in [0.15, 0.2) is 5.78 Å². The van der Waals surface area contributed by atoms with Crippen LogP contribution in [-0.4, -0.2) is 45.6 Å². The van der Waals surface area contributed by atoms with E-state index in [4.69, 9.17) is 0 Å². The number of aromatic nitrogens is 2. The maximum atomic E-state index is 13.3. The Labute approximate surface area is 251 Å². The Morgan fingerprint density at radius 1 is 0.837 bits per heavy atom. The van der Waals surface area contributed by atoms with E-state index < -0.39 is 0 Å². The minimum atomic E-state index is -0.276. The summed E-state index contributed by atoms with van der Waals surface area (Å²) in [6.45, 7) is 8.40. The zero-order valence-electron chi connectivity index (χ0n) is 24.8. The number of ketones is 1. The first-order valence-corrected chi connectivity index (χ1v) is 14.8. The summed E-state index contributed by atoms with van der Waals surface area (Å²) in [5.41, 5.74) is 10.5. The third-order valence-electron chi connectivity index (χ3n) is 8.60. The fourth-order valence-electron chi connectivity index (χ4n) is 5.98. The number of pyridine rings is 2. The molecule has 8 nitrogen and oxygen atoms in total. The van der Waals surface area contributed by atoms with Crippen molar-refractivity contribution in [1.82, 2.24) is 20.2 Å². The van der Waals surface area contributed by atoms with Crippen LogP contribution in [0.25, 0.3) is 11.1 Å². The minimum Gasteiger partial charge on any atom is -0.338 e. The lowest BCUT2D eigenvalue weighted by Gasteiger charge is -2.27. The summed E-state index contributed by atoms with van der Waals surface area (Å²) >= 11 is 0. The summed E-state index contributed by atoms with van der Waals surface area (Å²) in [5, 5.41) is 6.39. The smallest absolute Gasteiger partial charge is 0.274 e. The van der Waals surface area contributed by atoms with Crippen molar-refractivity contribution in [3.05, 3.63) is 111 Å². The summed E-state index contributed by atoms with van der Waals surface area (Å²) in [6.07, 6.45) is 1.73. The van der Waals surface area contributed by atoms with Crippen LogP contribution in [0.3, 0.4) is 0 Å². The number of Topliss-reactive ketones (excluding diaryl/α,β-unsaturated/α-hetero) is 1. The second-order valence-corrected chi connectivity index (χ2v) is 11.3. The predicted molar refractivity (Wildman–Crippen MR) is 166 cm³/mol. The van der Waals surface area contributed by atoms with E-state index in [1.165, 1.54) is 0 Å². The maximum Gasteiger partial charge on any atom is 0.274 e. The van der Waals surface area contributed by atoms with Gasteiger partial charge in [-0.3, -0.25) is 14.4 Å². The summed E-state index contributed by atoms with van der Waals surface area (Å²) < 4.78 is 0. The fourth-order valence-corrected chi connectivity index (χ4v) is 5.98. The Kier molecular flexibility index (Phi) is 7.86. The number of nitrogens with one attached hydrogen (secondary N) is 2. The number of rotatable bonds is 6. The van der Waals surface area contributed by atoms with E-state index in [1.807, 2.05) is 62.4 Å². The number of carbonyl (C=O) groups is 3. The second-order valence-electron chi connectivity index (χ2n) is 11.3. The summed E-state index contributed by atoms with van der Waals surface area (Å²) in [7, 11) is 0. The standard InChI is InChI=1S/C35H35N5O3/c1-21-24(18-34(42)32-12-10-25-19-36-16-14-30(25)37-32)6-4-7-27(21)28-8-5-9-29(22(28)2)39-35(43)33-13-11-26-20-40(23(3)41)17-15-31(26)38-33/h4-13,36H,14-20H2,1-3H3,(H,39,43). The van der Waals surface area contributed by atoms with Gasteiger partial charge in [-0.25, -0.2) is 9.97 Å². The summed E-state index contributed by atoms with van der Waals surface area (Å²) in [5.74, 6) is -0.230. The van der Waals surface area contributed by atoms with Crippen molar-refractivity contribution in [2.24, 2.45) is 0 Å². The van der Waals surface area contributed by atoms with Gasteiger partial charge in [0.25, 0.3) is 5.91 Å². The summed E-state index contributed by atoms with van der Waals surface area (Å²) in [4.78, 5) is 49.4. The molecule has 4 heterocycles. The predicted octanol–water partition coefficient (Wildman–Crippen LogP) is 4.99. The van der Waals surface area contributed by atoms with Crippen molar-refractivity contribution in [3.63, 3.8) is 0 Å². The molecular weight excluding hydrogens is 538 g/mol. The number of amides is 2. The van der Waals surface area contributed by atoms with Crippen molar-refractivity contribution in [2.45, 2.75) is 53.1 Å². The van der Waals surface area contributed by atoms with Crippen molar-refractivity contribution in [3.8, 4) is 11.1 Å². The Bertz CT molecular complexity index is 1760. The molecule has 0 aliphatic carbocycles. The van der Waals surface area contributed by atoms with Crippen LogP contribution in [0.4, 0.5) is 5.69 Å². The van der Waals surface area contributed by atoms with Crippen LogP contribution in [-0.2, 0) is 37.1 Å². The quantitative estimate of drug-likeness (QED) is 0.315. The van der Waals surface area contributed by atoms with Crippen LogP contribution >= 0.6 is 0 Å². The van der Waals surface area contributed by atoms with E-state index in [1.54, 1.807) is 17.9 Å². The molecule has 2 amide bonds. The SMILES string of the molecule is CC(=O)N1CCc2nc(C(=O)Nc3cccc(-c4cccc(CC(=O)c5ccc6c(n5)CCNC6)c4C)c3C)ccc2C1. The lowest BCUT2D eigenvalue weighted by Crippen LogP contribution is -2.35. The zero-order valence-corrected chi connectivity index (χ0v) is 24.8.